The summed E-state index contributed by atoms with van der Waals surface area (Å²) in [7, 11) is 1.53. The molecule has 2 aromatic carbocycles. The van der Waals surface area contributed by atoms with Crippen LogP contribution in [0.2, 0.25) is 0 Å². The summed E-state index contributed by atoms with van der Waals surface area (Å²) in [5.74, 6) is -0.382. The van der Waals surface area contributed by atoms with Gasteiger partial charge in [0.05, 0.1) is 24.7 Å². The van der Waals surface area contributed by atoms with Crippen molar-refractivity contribution in [1.82, 2.24) is 0 Å². The van der Waals surface area contributed by atoms with Crippen LogP contribution < -0.4 is 4.74 Å². The molecule has 0 aliphatic rings. The summed E-state index contributed by atoms with van der Waals surface area (Å²) >= 11 is 0. The minimum absolute atomic E-state index is 0.00551. The number of para-hydroxylation sites is 2. The van der Waals surface area contributed by atoms with Crippen LogP contribution in [0.25, 0.3) is 0 Å². The van der Waals surface area contributed by atoms with Gasteiger partial charge in [0.2, 0.25) is 0 Å². The van der Waals surface area contributed by atoms with Crippen molar-refractivity contribution in [2.45, 2.75) is 12.3 Å². The first kappa shape index (κ1) is 14.6. The summed E-state index contributed by atoms with van der Waals surface area (Å²) in [5.41, 5.74) is 0.902. The summed E-state index contributed by atoms with van der Waals surface area (Å²) in [6.07, 6.45) is -0.00551. The van der Waals surface area contributed by atoms with E-state index in [0.717, 1.165) is 0 Å². The third-order valence-electron chi connectivity index (χ3n) is 3.26. The molecule has 0 radical (unpaired) electrons. The maximum atomic E-state index is 12.3. The highest BCUT2D eigenvalue weighted by molar-refractivity contribution is 5.99. The van der Waals surface area contributed by atoms with Gasteiger partial charge in [0.15, 0.2) is 5.78 Å². The lowest BCUT2D eigenvalue weighted by atomic mass is 9.92. The second-order valence-corrected chi connectivity index (χ2v) is 4.57. The number of aromatic hydroxyl groups is 1. The number of hydrogen-bond donors (Lipinski definition) is 1. The minimum Gasteiger partial charge on any atom is -0.507 e. The normalized spacial score (nSPS) is 11.4. The van der Waals surface area contributed by atoms with Gasteiger partial charge in [-0.15, -0.1) is 0 Å². The van der Waals surface area contributed by atoms with Crippen LogP contribution in [0.5, 0.6) is 11.5 Å². The number of nitrogens with zero attached hydrogens (tertiary/aromatic N) is 1. The molecule has 21 heavy (non-hydrogen) atoms. The number of benzene rings is 2. The van der Waals surface area contributed by atoms with Crippen LogP contribution in [-0.2, 0) is 0 Å². The van der Waals surface area contributed by atoms with Crippen molar-refractivity contribution in [1.29, 1.82) is 5.26 Å². The molecule has 0 spiro atoms. The molecule has 0 fully saturated rings. The molecule has 1 N–H and O–H groups in total. The Bertz CT molecular complexity index is 688. The van der Waals surface area contributed by atoms with Gasteiger partial charge in [-0.2, -0.15) is 5.26 Å². The van der Waals surface area contributed by atoms with E-state index in [1.165, 1.54) is 13.2 Å². The molecule has 4 heteroatoms. The lowest BCUT2D eigenvalue weighted by Gasteiger charge is -2.13. The van der Waals surface area contributed by atoms with E-state index in [4.69, 9.17) is 4.74 Å². The van der Waals surface area contributed by atoms with Crippen molar-refractivity contribution in [3.63, 3.8) is 0 Å². The van der Waals surface area contributed by atoms with E-state index in [1.54, 1.807) is 36.4 Å². The number of phenolic OH excluding ortho intramolecular Hbond substituents is 1. The Morgan fingerprint density at radius 1 is 1.24 bits per heavy atom. The molecular formula is C17H15NO3. The Kier molecular flexibility index (Phi) is 4.57. The van der Waals surface area contributed by atoms with Crippen molar-refractivity contribution in [3.05, 3.63) is 59.7 Å². The summed E-state index contributed by atoms with van der Waals surface area (Å²) < 4.78 is 5.23. The third kappa shape index (κ3) is 3.21. The number of ether oxygens (including phenoxy) is 1. The predicted octanol–water partition coefficient (Wildman–Crippen LogP) is 3.28. The maximum Gasteiger partial charge on any atom is 0.168 e. The lowest BCUT2D eigenvalue weighted by molar-refractivity contribution is 0.0976. The molecule has 0 aliphatic carbocycles. The highest BCUT2D eigenvalue weighted by Crippen LogP contribution is 2.30. The predicted molar refractivity (Wildman–Crippen MR) is 78.4 cm³/mol. The number of carbonyl (C=O) groups excluding carboxylic acids is 1. The van der Waals surface area contributed by atoms with Crippen molar-refractivity contribution in [2.75, 3.05) is 7.11 Å². The fraction of sp³-hybridized carbons (Fsp3) is 0.176. The molecule has 1 atom stereocenters. The van der Waals surface area contributed by atoms with Crippen LogP contribution in [-0.4, -0.2) is 18.0 Å². The number of hydrogen-bond acceptors (Lipinski definition) is 4. The third-order valence-corrected chi connectivity index (χ3v) is 3.26. The molecule has 0 aliphatic heterocycles. The van der Waals surface area contributed by atoms with E-state index in [2.05, 4.69) is 6.07 Å². The first-order valence-electron chi connectivity index (χ1n) is 6.51. The largest absolute Gasteiger partial charge is 0.507 e. The number of methoxy groups -OCH3 is 1. The second-order valence-electron chi connectivity index (χ2n) is 4.57. The number of carbonyl (C=O) groups is 1. The Morgan fingerprint density at radius 2 is 1.90 bits per heavy atom. The molecule has 106 valence electrons. The Hall–Kier alpha value is -2.80. The maximum absolute atomic E-state index is 12.3. The summed E-state index contributed by atoms with van der Waals surface area (Å²) in [5, 5.41) is 19.1. The van der Waals surface area contributed by atoms with Gasteiger partial charge < -0.3 is 9.84 Å². The molecular weight excluding hydrogens is 266 g/mol. The van der Waals surface area contributed by atoms with E-state index < -0.39 is 5.92 Å². The first-order chi connectivity index (χ1) is 10.2. The number of Topliss-reactive ketones (excluding diaryl/α,β-unsaturated/α-hetero) is 1. The zero-order valence-corrected chi connectivity index (χ0v) is 11.6. The van der Waals surface area contributed by atoms with E-state index in [0.29, 0.717) is 11.3 Å². The zero-order chi connectivity index (χ0) is 15.2. The molecule has 2 rings (SSSR count). The Morgan fingerprint density at radius 3 is 2.57 bits per heavy atom. The fourth-order valence-electron chi connectivity index (χ4n) is 2.18. The van der Waals surface area contributed by atoms with Crippen LogP contribution >= 0.6 is 0 Å². The average molecular weight is 281 g/mol. The van der Waals surface area contributed by atoms with Crippen LogP contribution in [0.15, 0.2) is 48.5 Å². The molecule has 0 bridgehead atoms. The van der Waals surface area contributed by atoms with Crippen LogP contribution in [0.4, 0.5) is 0 Å². The van der Waals surface area contributed by atoms with E-state index in [-0.39, 0.29) is 23.5 Å². The summed E-state index contributed by atoms with van der Waals surface area (Å²) in [4.78, 5) is 12.3. The van der Waals surface area contributed by atoms with Gasteiger partial charge in [0, 0.05) is 12.0 Å². The number of ketones is 1. The summed E-state index contributed by atoms with van der Waals surface area (Å²) in [6.45, 7) is 0. The van der Waals surface area contributed by atoms with Crippen LogP contribution in [0.3, 0.4) is 0 Å². The van der Waals surface area contributed by atoms with Gasteiger partial charge in [-0.1, -0.05) is 30.3 Å². The fourth-order valence-corrected chi connectivity index (χ4v) is 2.18. The molecule has 1 unspecified atom stereocenters. The highest BCUT2D eigenvalue weighted by atomic mass is 16.5. The molecule has 4 nitrogen and oxygen atoms in total. The minimum atomic E-state index is -0.617. The van der Waals surface area contributed by atoms with Crippen molar-refractivity contribution in [2.24, 2.45) is 0 Å². The van der Waals surface area contributed by atoms with E-state index >= 15 is 0 Å². The zero-order valence-electron chi connectivity index (χ0n) is 11.6. The monoisotopic (exact) mass is 281 g/mol. The van der Waals surface area contributed by atoms with Crippen LogP contribution in [0.1, 0.15) is 28.3 Å². The summed E-state index contributed by atoms with van der Waals surface area (Å²) in [6, 6.07) is 15.6. The van der Waals surface area contributed by atoms with Gasteiger partial charge >= 0.3 is 0 Å². The Labute approximate surface area is 123 Å². The van der Waals surface area contributed by atoms with Crippen molar-refractivity contribution in [3.8, 4) is 17.6 Å². The SMILES string of the molecule is COc1ccccc1C(C#N)CC(=O)c1ccccc1O. The standard InChI is InChI=1S/C17H15NO3/c1-21-17-9-5-3-6-13(17)12(11-18)10-16(20)14-7-2-4-8-15(14)19/h2-9,12,19H,10H2,1H3. The van der Waals surface area contributed by atoms with Gasteiger partial charge in [0.25, 0.3) is 0 Å². The topological polar surface area (TPSA) is 70.3 Å². The molecule has 2 aromatic rings. The first-order valence-corrected chi connectivity index (χ1v) is 6.51. The van der Waals surface area contributed by atoms with Gasteiger partial charge in [-0.05, 0) is 18.2 Å². The number of rotatable bonds is 5. The number of nitriles is 1. The van der Waals surface area contributed by atoms with Crippen LogP contribution in [0, 0.1) is 11.3 Å². The second kappa shape index (κ2) is 6.58. The van der Waals surface area contributed by atoms with Gasteiger partial charge in [-0.25, -0.2) is 0 Å². The lowest BCUT2D eigenvalue weighted by Crippen LogP contribution is -2.07. The molecule has 0 amide bonds. The Balaban J connectivity index is 2.26. The highest BCUT2D eigenvalue weighted by Gasteiger charge is 2.21. The smallest absolute Gasteiger partial charge is 0.168 e. The van der Waals surface area contributed by atoms with Gasteiger partial charge in [0.1, 0.15) is 11.5 Å². The molecule has 0 heterocycles. The van der Waals surface area contributed by atoms with Crippen molar-refractivity contribution >= 4 is 5.78 Å². The molecule has 0 saturated carbocycles. The van der Waals surface area contributed by atoms with Crippen molar-refractivity contribution < 1.29 is 14.6 Å². The number of phenols is 1. The van der Waals surface area contributed by atoms with Gasteiger partial charge in [-0.3, -0.25) is 4.79 Å². The molecule has 0 aromatic heterocycles. The quantitative estimate of drug-likeness (QED) is 0.854. The average Bonchev–Trinajstić information content (AvgIpc) is 2.52. The van der Waals surface area contributed by atoms with E-state index in [9.17, 15) is 15.2 Å². The van der Waals surface area contributed by atoms with E-state index in [1.807, 2.05) is 6.07 Å². The molecule has 0 saturated heterocycles.